The van der Waals surface area contributed by atoms with Crippen molar-refractivity contribution in [1.29, 1.82) is 0 Å². The molecule has 0 fully saturated rings. The number of carbonyl (C=O) groups is 1. The lowest BCUT2D eigenvalue weighted by Gasteiger charge is -2.30. The number of hydrogen-bond acceptors (Lipinski definition) is 3. The molecular weight excluding hydrogens is 360 g/mol. The van der Waals surface area contributed by atoms with E-state index in [0.29, 0.717) is 24.6 Å². The summed E-state index contributed by atoms with van der Waals surface area (Å²) in [6.45, 7) is 5.15. The van der Waals surface area contributed by atoms with Crippen molar-refractivity contribution in [2.45, 2.75) is 31.6 Å². The second kappa shape index (κ2) is 7.72. The van der Waals surface area contributed by atoms with E-state index >= 15 is 0 Å². The number of carbonyl (C=O) groups excluding carboxylic acids is 1. The zero-order valence-corrected chi connectivity index (χ0v) is 16.9. The van der Waals surface area contributed by atoms with Crippen molar-refractivity contribution in [1.82, 2.24) is 4.90 Å². The highest BCUT2D eigenvalue weighted by atomic mass is 32.2. The van der Waals surface area contributed by atoms with Gasteiger partial charge in [-0.2, -0.15) is 0 Å². The van der Waals surface area contributed by atoms with E-state index in [1.165, 1.54) is 10.4 Å². The third-order valence-corrected chi connectivity index (χ3v) is 6.53. The summed E-state index contributed by atoms with van der Waals surface area (Å²) >= 11 is 0. The fourth-order valence-corrected chi connectivity index (χ4v) is 5.10. The number of hydrogen-bond donors (Lipinski definition) is 0. The molecule has 0 unspecified atom stereocenters. The molecule has 6 heteroatoms. The Morgan fingerprint density at radius 1 is 1.15 bits per heavy atom. The molecule has 2 aromatic carbocycles. The summed E-state index contributed by atoms with van der Waals surface area (Å²) in [6, 6.07) is 14.0. The largest absolute Gasteiger partial charge is 0.341 e. The predicted molar refractivity (Wildman–Crippen MR) is 108 cm³/mol. The Kier molecular flexibility index (Phi) is 5.56. The molecule has 3 rings (SSSR count). The Labute approximate surface area is 161 Å². The second-order valence-electron chi connectivity index (χ2n) is 7.42. The highest BCUT2D eigenvalue weighted by Crippen LogP contribution is 2.32. The number of aryl methyl sites for hydroxylation is 1. The van der Waals surface area contributed by atoms with Gasteiger partial charge in [-0.05, 0) is 48.6 Å². The minimum Gasteiger partial charge on any atom is -0.341 e. The van der Waals surface area contributed by atoms with Crippen molar-refractivity contribution in [3.05, 3.63) is 59.7 Å². The number of fused-ring (bicyclic) bond motifs is 1. The number of anilines is 1. The molecule has 0 saturated carbocycles. The molecule has 144 valence electrons. The van der Waals surface area contributed by atoms with Gasteiger partial charge in [-0.15, -0.1) is 0 Å². The molecule has 1 aliphatic rings. The molecule has 0 spiro atoms. The van der Waals surface area contributed by atoms with E-state index in [0.717, 1.165) is 24.1 Å². The van der Waals surface area contributed by atoms with E-state index in [9.17, 15) is 13.2 Å². The number of benzene rings is 2. The fourth-order valence-electron chi connectivity index (χ4n) is 3.52. The molecule has 1 amide bonds. The van der Waals surface area contributed by atoms with Crippen LogP contribution in [-0.4, -0.2) is 39.4 Å². The van der Waals surface area contributed by atoms with Crippen molar-refractivity contribution < 1.29 is 13.2 Å². The van der Waals surface area contributed by atoms with Crippen LogP contribution in [0.5, 0.6) is 0 Å². The number of sulfonamides is 1. The fraction of sp³-hybridized carbons (Fsp3) is 0.381. The van der Waals surface area contributed by atoms with E-state index in [1.54, 1.807) is 30.1 Å². The molecule has 0 saturated heterocycles. The number of para-hydroxylation sites is 1. The molecule has 0 N–H and O–H groups in total. The van der Waals surface area contributed by atoms with Gasteiger partial charge in [0.15, 0.2) is 0 Å². The Morgan fingerprint density at radius 3 is 2.63 bits per heavy atom. The van der Waals surface area contributed by atoms with Crippen LogP contribution in [0, 0.1) is 5.92 Å². The van der Waals surface area contributed by atoms with Gasteiger partial charge < -0.3 is 4.90 Å². The quantitative estimate of drug-likeness (QED) is 0.789. The maximum absolute atomic E-state index is 13.3. The van der Waals surface area contributed by atoms with Crippen LogP contribution in [0.3, 0.4) is 0 Å². The maximum Gasteiger partial charge on any atom is 0.264 e. The molecule has 5 nitrogen and oxygen atoms in total. The van der Waals surface area contributed by atoms with Gasteiger partial charge in [0.25, 0.3) is 15.9 Å². The zero-order valence-electron chi connectivity index (χ0n) is 16.1. The molecular formula is C21H26N2O3S. The number of rotatable bonds is 5. The number of amides is 1. The van der Waals surface area contributed by atoms with Gasteiger partial charge in [0, 0.05) is 25.7 Å². The van der Waals surface area contributed by atoms with Gasteiger partial charge in [-0.3, -0.25) is 9.10 Å². The topological polar surface area (TPSA) is 57.7 Å². The van der Waals surface area contributed by atoms with Crippen LogP contribution in [0.2, 0.25) is 0 Å². The summed E-state index contributed by atoms with van der Waals surface area (Å²) in [5, 5.41) is 0. The predicted octanol–water partition coefficient (Wildman–Crippen LogP) is 3.56. The van der Waals surface area contributed by atoms with E-state index in [4.69, 9.17) is 0 Å². The van der Waals surface area contributed by atoms with Gasteiger partial charge in [-0.1, -0.05) is 38.1 Å². The van der Waals surface area contributed by atoms with E-state index < -0.39 is 10.0 Å². The van der Waals surface area contributed by atoms with Crippen molar-refractivity contribution >= 4 is 21.6 Å². The van der Waals surface area contributed by atoms with Crippen LogP contribution in [0.1, 0.15) is 36.2 Å². The average Bonchev–Trinajstić information content (AvgIpc) is 2.66. The SMILES string of the molecule is CC(C)CN(C)C(=O)c1cccc(S(=O)(=O)N2CCCc3ccccc32)c1. The summed E-state index contributed by atoms with van der Waals surface area (Å²) in [7, 11) is -1.98. The van der Waals surface area contributed by atoms with E-state index in [-0.39, 0.29) is 10.8 Å². The molecule has 0 aromatic heterocycles. The molecule has 0 radical (unpaired) electrons. The third-order valence-electron chi connectivity index (χ3n) is 4.72. The lowest BCUT2D eigenvalue weighted by atomic mass is 10.0. The van der Waals surface area contributed by atoms with E-state index in [2.05, 4.69) is 0 Å². The zero-order chi connectivity index (χ0) is 19.6. The van der Waals surface area contributed by atoms with Gasteiger partial charge >= 0.3 is 0 Å². The van der Waals surface area contributed by atoms with Crippen LogP contribution in [-0.2, 0) is 16.4 Å². The van der Waals surface area contributed by atoms with Crippen LogP contribution >= 0.6 is 0 Å². The molecule has 1 aliphatic heterocycles. The normalized spacial score (nSPS) is 14.1. The first-order valence-corrected chi connectivity index (χ1v) is 10.7. The summed E-state index contributed by atoms with van der Waals surface area (Å²) in [5.74, 6) is 0.176. The minimum absolute atomic E-state index is 0.156. The van der Waals surface area contributed by atoms with Crippen molar-refractivity contribution in [2.24, 2.45) is 5.92 Å². The number of nitrogens with zero attached hydrogens (tertiary/aromatic N) is 2. The molecule has 27 heavy (non-hydrogen) atoms. The third kappa shape index (κ3) is 4.00. The molecule has 2 aromatic rings. The summed E-state index contributed by atoms with van der Waals surface area (Å²) in [5.41, 5.74) is 2.16. The first-order valence-electron chi connectivity index (χ1n) is 9.27. The Bertz CT molecular complexity index is 938. The standard InChI is InChI=1S/C21H26N2O3S/c1-16(2)15-22(3)21(24)18-9-6-11-19(14-18)27(25,26)23-13-7-10-17-8-4-5-12-20(17)23/h4-6,8-9,11-12,14,16H,7,10,13,15H2,1-3H3. The Balaban J connectivity index is 1.94. The van der Waals surface area contributed by atoms with Gasteiger partial charge in [0.1, 0.15) is 0 Å². The summed E-state index contributed by atoms with van der Waals surface area (Å²) in [4.78, 5) is 14.4. The van der Waals surface area contributed by atoms with Crippen LogP contribution < -0.4 is 4.31 Å². The van der Waals surface area contributed by atoms with Crippen LogP contribution in [0.15, 0.2) is 53.4 Å². The first kappa shape index (κ1) is 19.4. The Hall–Kier alpha value is -2.34. The lowest BCUT2D eigenvalue weighted by Crippen LogP contribution is -2.35. The smallest absolute Gasteiger partial charge is 0.264 e. The Morgan fingerprint density at radius 2 is 1.89 bits per heavy atom. The second-order valence-corrected chi connectivity index (χ2v) is 9.28. The van der Waals surface area contributed by atoms with Crippen LogP contribution in [0.4, 0.5) is 5.69 Å². The van der Waals surface area contributed by atoms with Gasteiger partial charge in [-0.25, -0.2) is 8.42 Å². The summed E-state index contributed by atoms with van der Waals surface area (Å²) in [6.07, 6.45) is 1.66. The molecule has 1 heterocycles. The van der Waals surface area contributed by atoms with Crippen molar-refractivity contribution in [3.8, 4) is 0 Å². The highest BCUT2D eigenvalue weighted by Gasteiger charge is 2.29. The maximum atomic E-state index is 13.3. The van der Waals surface area contributed by atoms with E-state index in [1.807, 2.05) is 38.1 Å². The van der Waals surface area contributed by atoms with Crippen LogP contribution in [0.25, 0.3) is 0 Å². The van der Waals surface area contributed by atoms with Crippen molar-refractivity contribution in [3.63, 3.8) is 0 Å². The minimum atomic E-state index is -3.72. The lowest BCUT2D eigenvalue weighted by molar-refractivity contribution is 0.0779. The highest BCUT2D eigenvalue weighted by molar-refractivity contribution is 7.92. The summed E-state index contributed by atoms with van der Waals surface area (Å²) < 4.78 is 28.0. The first-order chi connectivity index (χ1) is 12.8. The molecule has 0 atom stereocenters. The van der Waals surface area contributed by atoms with Crippen molar-refractivity contribution in [2.75, 3.05) is 24.4 Å². The molecule has 0 aliphatic carbocycles. The monoisotopic (exact) mass is 386 g/mol. The average molecular weight is 387 g/mol. The molecule has 0 bridgehead atoms. The van der Waals surface area contributed by atoms with Gasteiger partial charge in [0.05, 0.1) is 10.6 Å². The van der Waals surface area contributed by atoms with Gasteiger partial charge in [0.2, 0.25) is 0 Å².